The summed E-state index contributed by atoms with van der Waals surface area (Å²) in [6, 6.07) is 17.2. The Labute approximate surface area is 491 Å². The first kappa shape index (κ1) is 72.6. The summed E-state index contributed by atoms with van der Waals surface area (Å²) in [5, 5.41) is 47.2. The fourth-order valence-electron chi connectivity index (χ4n) is 9.16. The first-order valence-electron chi connectivity index (χ1n) is 28.6. The van der Waals surface area contributed by atoms with Crippen LogP contribution in [0.4, 0.5) is 9.59 Å². The molecule has 0 saturated carbocycles. The highest BCUT2D eigenvalue weighted by Crippen LogP contribution is 2.34. The van der Waals surface area contributed by atoms with Gasteiger partial charge in [0.15, 0.2) is 34.6 Å². The van der Waals surface area contributed by atoms with Crippen molar-refractivity contribution in [3.63, 3.8) is 0 Å². The average molecular weight is 1170 g/mol. The van der Waals surface area contributed by atoms with Crippen molar-refractivity contribution in [3.05, 3.63) is 83.4 Å². The number of Topliss-reactive ketones (excluding diaryl/α,β-unsaturated/α-hetero) is 2. The number of carbonyl (C=O) groups excluding carboxylic acids is 4. The number of hydrogen-bond donors (Lipinski definition) is 6. The van der Waals surface area contributed by atoms with Gasteiger partial charge in [-0.3, -0.25) is 19.2 Å². The summed E-state index contributed by atoms with van der Waals surface area (Å²) in [5.74, 6) is -4.34. The predicted octanol–water partition coefficient (Wildman–Crippen LogP) is 10.3. The van der Waals surface area contributed by atoms with Gasteiger partial charge in [-0.25, -0.2) is 9.59 Å². The van der Waals surface area contributed by atoms with Gasteiger partial charge in [0.1, 0.15) is 12.2 Å². The Bertz CT molecular complexity index is 2440. The van der Waals surface area contributed by atoms with Crippen LogP contribution in [-0.4, -0.2) is 141 Å². The number of ketones is 2. The van der Waals surface area contributed by atoms with Gasteiger partial charge in [0.25, 0.3) is 0 Å². The largest absolute Gasteiger partial charge is 0.493 e. The molecule has 0 aliphatic rings. The molecule has 6 N–H and O–H groups in total. The summed E-state index contributed by atoms with van der Waals surface area (Å²) >= 11 is 0. The molecule has 0 aromatic heterocycles. The summed E-state index contributed by atoms with van der Waals surface area (Å²) < 4.78 is 43.4. The number of aliphatic carboxylic acids is 2. The number of alkyl carbamates (subject to hydrolysis) is 2. The molecule has 2 unspecified atom stereocenters. The van der Waals surface area contributed by atoms with Crippen molar-refractivity contribution in [2.75, 3.05) is 54.9 Å². The van der Waals surface area contributed by atoms with E-state index in [-0.39, 0.29) is 67.5 Å². The topological polar surface area (TPSA) is 281 Å². The molecule has 0 radical (unpaired) electrons. The third-order valence-corrected chi connectivity index (χ3v) is 14.1. The van der Waals surface area contributed by atoms with Crippen molar-refractivity contribution in [1.82, 2.24) is 10.6 Å². The van der Waals surface area contributed by atoms with Gasteiger partial charge in [-0.05, 0) is 112 Å². The molecule has 3 aromatic carbocycles. The zero-order valence-electron chi connectivity index (χ0n) is 51.6. The standard InChI is InChI=1S/C33H47NO9.C30H49NO9/c1-21(2)25(31(36)24-13-14-29(41-6)30(17-24)42-16-10-15-40-5)18-27(28(35)19-26(22(3)4)32(37)38)34-33(39)43-20-23-11-8-7-9-12-23;1-18(2)21(27(33)20-11-12-25(38-9)26(15-20)39-14-10-13-37-8)16-23(31-29(36)40-30(5,6)7)24(32)17-22(19(3)4)28(34)35/h7-9,11-14,17,21-22,25-28,35H,10,15-16,18-20H2,1-6H3,(H,34,39)(H,37,38);11-12,15,18-19,21-24,32H,10,13-14,16-17H2,1-9H3,(H,31,36)(H,34,35)/t25-,26?,27-,28-;21-,22?,23-,24-/m00/s1. The first-order chi connectivity index (χ1) is 39.1. The van der Waals surface area contributed by atoms with Crippen molar-refractivity contribution < 1.29 is 87.1 Å². The van der Waals surface area contributed by atoms with Crippen molar-refractivity contribution >= 4 is 35.7 Å². The molecule has 466 valence electrons. The first-order valence-corrected chi connectivity index (χ1v) is 28.6. The maximum Gasteiger partial charge on any atom is 0.407 e. The number of carbonyl (C=O) groups is 6. The number of carboxylic acid groups (broad SMARTS) is 2. The molecule has 0 bridgehead atoms. The normalized spacial score (nSPS) is 14.4. The zero-order chi connectivity index (χ0) is 62.6. The molecule has 0 spiro atoms. The van der Waals surface area contributed by atoms with Crippen LogP contribution in [0.1, 0.15) is 141 Å². The van der Waals surface area contributed by atoms with E-state index in [1.165, 1.54) is 14.2 Å². The van der Waals surface area contributed by atoms with Gasteiger partial charge < -0.3 is 69.0 Å². The van der Waals surface area contributed by atoms with Crippen LogP contribution >= 0.6 is 0 Å². The van der Waals surface area contributed by atoms with Crippen molar-refractivity contribution in [2.24, 2.45) is 47.3 Å². The lowest BCUT2D eigenvalue weighted by Crippen LogP contribution is -2.48. The number of hydrogen-bond acceptors (Lipinski definition) is 16. The summed E-state index contributed by atoms with van der Waals surface area (Å²) in [7, 11) is 6.26. The van der Waals surface area contributed by atoms with E-state index in [2.05, 4.69) is 10.6 Å². The average Bonchev–Trinajstić information content (AvgIpc) is 3.62. The minimum absolute atomic E-state index is 0.0186. The lowest BCUT2D eigenvalue weighted by Gasteiger charge is -2.32. The van der Waals surface area contributed by atoms with E-state index in [0.29, 0.717) is 73.4 Å². The molecule has 3 aromatic rings. The second-order valence-corrected chi connectivity index (χ2v) is 23.1. The van der Waals surface area contributed by atoms with Crippen LogP contribution in [0.3, 0.4) is 0 Å². The maximum absolute atomic E-state index is 13.9. The smallest absolute Gasteiger partial charge is 0.407 e. The zero-order valence-corrected chi connectivity index (χ0v) is 51.6. The van der Waals surface area contributed by atoms with E-state index >= 15 is 0 Å². The van der Waals surface area contributed by atoms with Gasteiger partial charge in [0, 0.05) is 63.2 Å². The second-order valence-electron chi connectivity index (χ2n) is 23.1. The fourth-order valence-corrected chi connectivity index (χ4v) is 9.16. The maximum atomic E-state index is 13.9. The van der Waals surface area contributed by atoms with Gasteiger partial charge in [-0.15, -0.1) is 0 Å². The van der Waals surface area contributed by atoms with E-state index < -0.39 is 77.7 Å². The molecule has 0 heterocycles. The van der Waals surface area contributed by atoms with E-state index in [1.807, 2.05) is 58.0 Å². The highest BCUT2D eigenvalue weighted by molar-refractivity contribution is 5.99. The number of aliphatic hydroxyl groups excluding tert-OH is 2. The number of amides is 2. The third-order valence-electron chi connectivity index (χ3n) is 14.1. The van der Waals surface area contributed by atoms with Crippen LogP contribution in [0.25, 0.3) is 0 Å². The van der Waals surface area contributed by atoms with E-state index in [0.717, 1.165) is 5.56 Å². The predicted molar refractivity (Wildman–Crippen MR) is 314 cm³/mol. The van der Waals surface area contributed by atoms with Gasteiger partial charge in [-0.1, -0.05) is 85.7 Å². The van der Waals surface area contributed by atoms with Crippen LogP contribution in [0, 0.1) is 47.3 Å². The number of benzene rings is 3. The van der Waals surface area contributed by atoms with E-state index in [4.69, 9.17) is 37.9 Å². The van der Waals surface area contributed by atoms with E-state index in [1.54, 1.807) is 99.1 Å². The Balaban J connectivity index is 0.000000568. The van der Waals surface area contributed by atoms with E-state index in [9.17, 15) is 49.2 Å². The summed E-state index contributed by atoms with van der Waals surface area (Å²) in [6.07, 6.45) is -2.70. The van der Waals surface area contributed by atoms with Crippen LogP contribution < -0.4 is 29.6 Å². The summed E-state index contributed by atoms with van der Waals surface area (Å²) in [5.41, 5.74) is 0.802. The number of carboxylic acids is 2. The molecular formula is C63H96N2O18. The minimum Gasteiger partial charge on any atom is -0.493 e. The lowest BCUT2D eigenvalue weighted by molar-refractivity contribution is -0.145. The molecule has 0 aliphatic heterocycles. The molecule has 8 atom stereocenters. The van der Waals surface area contributed by atoms with Gasteiger partial charge in [0.2, 0.25) is 0 Å². The monoisotopic (exact) mass is 1170 g/mol. The molecule has 0 fully saturated rings. The van der Waals surface area contributed by atoms with Gasteiger partial charge in [-0.2, -0.15) is 0 Å². The molecule has 20 nitrogen and oxygen atoms in total. The number of rotatable bonds is 36. The van der Waals surface area contributed by atoms with Crippen LogP contribution in [0.5, 0.6) is 23.0 Å². The summed E-state index contributed by atoms with van der Waals surface area (Å²) in [6.45, 7) is 21.6. The van der Waals surface area contributed by atoms with Gasteiger partial charge >= 0.3 is 24.1 Å². The van der Waals surface area contributed by atoms with Crippen molar-refractivity contribution in [1.29, 1.82) is 0 Å². The Kier molecular flexibility index (Phi) is 32.3. The minimum atomic E-state index is -1.24. The Hall–Kier alpha value is -6.48. The quantitative estimate of drug-likeness (QED) is 0.0233. The fraction of sp³-hybridized carbons (Fsp3) is 0.619. The van der Waals surface area contributed by atoms with Crippen molar-refractivity contribution in [3.8, 4) is 23.0 Å². The lowest BCUT2D eigenvalue weighted by atomic mass is 9.80. The SMILES string of the molecule is COCCCOc1cc(C(=O)[C@@H](C[C@H](NC(=O)OC(C)(C)C)[C@@H](O)CC(C(=O)O)C(C)C)C(C)C)ccc1OC.COCCCOc1cc(C(=O)[C@@H](C[C@H](NC(=O)OCc2ccccc2)[C@@H](O)CC(C(=O)O)C(C)C)C(C)C)ccc1OC. The van der Waals surface area contributed by atoms with Gasteiger partial charge in [0.05, 0.1) is 63.6 Å². The van der Waals surface area contributed by atoms with Crippen LogP contribution in [0.2, 0.25) is 0 Å². The second kappa shape index (κ2) is 37.0. The Morgan fingerprint density at radius 3 is 1.22 bits per heavy atom. The Morgan fingerprint density at radius 1 is 0.494 bits per heavy atom. The van der Waals surface area contributed by atoms with Crippen LogP contribution in [0.15, 0.2) is 66.7 Å². The molecule has 0 saturated heterocycles. The molecular weight excluding hydrogens is 1070 g/mol. The number of aliphatic hydroxyl groups is 2. The molecule has 83 heavy (non-hydrogen) atoms. The molecule has 0 aliphatic carbocycles. The molecule has 20 heteroatoms. The molecule has 2 amide bonds. The number of nitrogens with one attached hydrogen (secondary N) is 2. The Morgan fingerprint density at radius 2 is 0.880 bits per heavy atom. The number of methoxy groups -OCH3 is 4. The highest BCUT2D eigenvalue weighted by Gasteiger charge is 2.37. The number of ether oxygens (including phenoxy) is 8. The molecule has 3 rings (SSSR count). The van der Waals surface area contributed by atoms with Crippen LogP contribution in [-0.2, 0) is 35.1 Å². The summed E-state index contributed by atoms with van der Waals surface area (Å²) in [4.78, 5) is 76.9. The third kappa shape index (κ3) is 25.9. The van der Waals surface area contributed by atoms with Crippen molar-refractivity contribution in [2.45, 2.75) is 151 Å². The highest BCUT2D eigenvalue weighted by atomic mass is 16.6.